The van der Waals surface area contributed by atoms with Gasteiger partial charge < -0.3 is 10.4 Å². The van der Waals surface area contributed by atoms with E-state index in [1.807, 2.05) is 31.2 Å². The van der Waals surface area contributed by atoms with Gasteiger partial charge in [0, 0.05) is 5.69 Å². The highest BCUT2D eigenvalue weighted by atomic mass is 32.2. The molecular weight excluding hydrogens is 226 g/mol. The Morgan fingerprint density at radius 3 is 2.38 bits per heavy atom. The Hall–Kier alpha value is -1.07. The number of aryl methyl sites for hydroxylation is 1. The third kappa shape index (κ3) is 2.54. The van der Waals surface area contributed by atoms with E-state index in [0.29, 0.717) is 0 Å². The summed E-state index contributed by atoms with van der Waals surface area (Å²) in [5.74, 6) is -0.140. The van der Waals surface area contributed by atoms with Crippen molar-refractivity contribution in [3.63, 3.8) is 0 Å². The molecule has 2 N–H and O–H groups in total. The van der Waals surface area contributed by atoms with Crippen LogP contribution >= 0.6 is 0 Å². The lowest BCUT2D eigenvalue weighted by molar-refractivity contribution is 0.190. The molecule has 88 valence electrons. The molecule has 0 aromatic heterocycles. The first-order valence-electron chi connectivity index (χ1n) is 5.18. The third-order valence-electron chi connectivity index (χ3n) is 2.73. The highest BCUT2D eigenvalue weighted by molar-refractivity contribution is 7.91. The monoisotopic (exact) mass is 241 g/mol. The van der Waals surface area contributed by atoms with Gasteiger partial charge in [-0.15, -0.1) is 0 Å². The third-order valence-corrected chi connectivity index (χ3v) is 4.44. The van der Waals surface area contributed by atoms with Gasteiger partial charge in [-0.25, -0.2) is 8.42 Å². The molecule has 1 aromatic carbocycles. The van der Waals surface area contributed by atoms with E-state index in [4.69, 9.17) is 0 Å². The SMILES string of the molecule is Cc1ccc(N[C@@H]2CS(=O)(=O)C[C@@H]2O)cc1. The molecule has 0 unspecified atom stereocenters. The summed E-state index contributed by atoms with van der Waals surface area (Å²) < 4.78 is 22.6. The minimum atomic E-state index is -3.09. The molecule has 2 atom stereocenters. The van der Waals surface area contributed by atoms with Gasteiger partial charge in [-0.05, 0) is 19.1 Å². The number of hydrogen-bond acceptors (Lipinski definition) is 4. The van der Waals surface area contributed by atoms with Gasteiger partial charge in [0.1, 0.15) is 0 Å². The normalized spacial score (nSPS) is 27.9. The first kappa shape index (κ1) is 11.4. The number of anilines is 1. The number of rotatable bonds is 2. The summed E-state index contributed by atoms with van der Waals surface area (Å²) in [6.45, 7) is 1.98. The fraction of sp³-hybridized carbons (Fsp3) is 0.455. The topological polar surface area (TPSA) is 66.4 Å². The Labute approximate surface area is 95.2 Å². The lowest BCUT2D eigenvalue weighted by Crippen LogP contribution is -2.31. The van der Waals surface area contributed by atoms with Crippen LogP contribution < -0.4 is 5.32 Å². The molecule has 1 aliphatic heterocycles. The minimum absolute atomic E-state index is 0.00203. The van der Waals surface area contributed by atoms with Gasteiger partial charge in [0.25, 0.3) is 0 Å². The largest absolute Gasteiger partial charge is 0.390 e. The number of benzene rings is 1. The first-order chi connectivity index (χ1) is 7.46. The quantitative estimate of drug-likeness (QED) is 0.794. The number of hydrogen-bond donors (Lipinski definition) is 2. The van der Waals surface area contributed by atoms with Crippen molar-refractivity contribution in [2.45, 2.75) is 19.1 Å². The standard InChI is InChI=1S/C11H15NO3S/c1-8-2-4-9(5-3-8)12-10-6-16(14,15)7-11(10)13/h2-5,10-13H,6-7H2,1H3/t10-,11+/m1/s1. The molecule has 4 nitrogen and oxygen atoms in total. The summed E-state index contributed by atoms with van der Waals surface area (Å²) in [7, 11) is -3.09. The van der Waals surface area contributed by atoms with E-state index in [1.54, 1.807) is 0 Å². The van der Waals surface area contributed by atoms with Crippen molar-refractivity contribution in [3.05, 3.63) is 29.8 Å². The van der Waals surface area contributed by atoms with Crippen LogP contribution in [-0.4, -0.2) is 37.2 Å². The molecular formula is C11H15NO3S. The van der Waals surface area contributed by atoms with Crippen LogP contribution in [0.5, 0.6) is 0 Å². The van der Waals surface area contributed by atoms with E-state index in [0.717, 1.165) is 11.3 Å². The van der Waals surface area contributed by atoms with Crippen molar-refractivity contribution in [1.82, 2.24) is 0 Å². The van der Waals surface area contributed by atoms with Gasteiger partial charge in [0.15, 0.2) is 9.84 Å². The zero-order valence-electron chi connectivity index (χ0n) is 9.05. The van der Waals surface area contributed by atoms with Crippen molar-refractivity contribution < 1.29 is 13.5 Å². The highest BCUT2D eigenvalue weighted by Crippen LogP contribution is 2.18. The minimum Gasteiger partial charge on any atom is -0.390 e. The number of nitrogens with one attached hydrogen (secondary N) is 1. The van der Waals surface area contributed by atoms with E-state index in [-0.39, 0.29) is 11.5 Å². The number of aliphatic hydroxyl groups excluding tert-OH is 1. The van der Waals surface area contributed by atoms with Crippen LogP contribution in [0.2, 0.25) is 0 Å². The summed E-state index contributed by atoms with van der Waals surface area (Å²) in [5, 5.41) is 12.6. The molecule has 1 aromatic rings. The van der Waals surface area contributed by atoms with Crippen molar-refractivity contribution >= 4 is 15.5 Å². The smallest absolute Gasteiger partial charge is 0.155 e. The fourth-order valence-corrected chi connectivity index (χ4v) is 3.57. The zero-order chi connectivity index (χ0) is 11.8. The van der Waals surface area contributed by atoms with Gasteiger partial charge in [-0.3, -0.25) is 0 Å². The number of sulfone groups is 1. The average Bonchev–Trinajstić information content (AvgIpc) is 2.44. The van der Waals surface area contributed by atoms with E-state index < -0.39 is 22.0 Å². The van der Waals surface area contributed by atoms with Crippen molar-refractivity contribution in [2.75, 3.05) is 16.8 Å². The second-order valence-corrected chi connectivity index (χ2v) is 6.41. The summed E-state index contributed by atoms with van der Waals surface area (Å²) in [6.07, 6.45) is -0.814. The van der Waals surface area contributed by atoms with Crippen LogP contribution in [0.3, 0.4) is 0 Å². The molecule has 0 amide bonds. The van der Waals surface area contributed by atoms with Crippen LogP contribution in [0.25, 0.3) is 0 Å². The molecule has 0 radical (unpaired) electrons. The maximum Gasteiger partial charge on any atom is 0.155 e. The van der Waals surface area contributed by atoms with Crippen molar-refractivity contribution in [1.29, 1.82) is 0 Å². The fourth-order valence-electron chi connectivity index (χ4n) is 1.83. The Balaban J connectivity index is 2.08. The molecule has 0 saturated carbocycles. The van der Waals surface area contributed by atoms with Crippen LogP contribution in [0.4, 0.5) is 5.69 Å². The summed E-state index contributed by atoms with van der Waals surface area (Å²) in [4.78, 5) is 0. The van der Waals surface area contributed by atoms with Crippen LogP contribution in [0, 0.1) is 6.92 Å². The summed E-state index contributed by atoms with van der Waals surface area (Å²) in [6, 6.07) is 7.25. The molecule has 1 heterocycles. The van der Waals surface area contributed by atoms with Gasteiger partial charge in [0.05, 0.1) is 23.7 Å². The lowest BCUT2D eigenvalue weighted by Gasteiger charge is -2.16. The molecule has 2 rings (SSSR count). The van der Waals surface area contributed by atoms with E-state index in [1.165, 1.54) is 0 Å². The van der Waals surface area contributed by atoms with Gasteiger partial charge >= 0.3 is 0 Å². The predicted octanol–water partition coefficient (Wildman–Crippen LogP) is 0.565. The Kier molecular flexibility index (Phi) is 2.90. The van der Waals surface area contributed by atoms with Crippen LogP contribution in [0.1, 0.15) is 5.56 Å². The average molecular weight is 241 g/mol. The molecule has 16 heavy (non-hydrogen) atoms. The van der Waals surface area contributed by atoms with Gasteiger partial charge in [-0.2, -0.15) is 0 Å². The molecule has 1 saturated heterocycles. The van der Waals surface area contributed by atoms with E-state index >= 15 is 0 Å². The molecule has 0 spiro atoms. The maximum atomic E-state index is 11.3. The lowest BCUT2D eigenvalue weighted by atomic mass is 10.2. The molecule has 1 fully saturated rings. The highest BCUT2D eigenvalue weighted by Gasteiger charge is 2.36. The maximum absolute atomic E-state index is 11.3. The Bertz CT molecular complexity index is 467. The van der Waals surface area contributed by atoms with E-state index in [9.17, 15) is 13.5 Å². The van der Waals surface area contributed by atoms with Gasteiger partial charge in [-0.1, -0.05) is 17.7 Å². The predicted molar refractivity (Wildman–Crippen MR) is 63.3 cm³/mol. The molecule has 0 aliphatic carbocycles. The van der Waals surface area contributed by atoms with Crippen molar-refractivity contribution in [2.24, 2.45) is 0 Å². The Morgan fingerprint density at radius 2 is 1.88 bits per heavy atom. The zero-order valence-corrected chi connectivity index (χ0v) is 9.87. The van der Waals surface area contributed by atoms with Gasteiger partial charge in [0.2, 0.25) is 0 Å². The molecule has 1 aliphatic rings. The van der Waals surface area contributed by atoms with Crippen molar-refractivity contribution in [3.8, 4) is 0 Å². The summed E-state index contributed by atoms with van der Waals surface area (Å²) >= 11 is 0. The summed E-state index contributed by atoms with van der Waals surface area (Å²) in [5.41, 5.74) is 1.98. The van der Waals surface area contributed by atoms with Crippen LogP contribution in [0.15, 0.2) is 24.3 Å². The van der Waals surface area contributed by atoms with Crippen LogP contribution in [-0.2, 0) is 9.84 Å². The number of aliphatic hydroxyl groups is 1. The second-order valence-electron chi connectivity index (χ2n) is 4.26. The Morgan fingerprint density at radius 1 is 1.25 bits per heavy atom. The second kappa shape index (κ2) is 4.07. The first-order valence-corrected chi connectivity index (χ1v) is 7.00. The molecule has 0 bridgehead atoms. The molecule has 5 heteroatoms. The van der Waals surface area contributed by atoms with E-state index in [2.05, 4.69) is 5.32 Å².